The van der Waals surface area contributed by atoms with E-state index in [0.717, 1.165) is 54.2 Å². The summed E-state index contributed by atoms with van der Waals surface area (Å²) in [7, 11) is 3.64. The number of nitrogens with one attached hydrogen (secondary N) is 3. The number of benzene rings is 1. The van der Waals surface area contributed by atoms with Crippen LogP contribution in [-0.2, 0) is 7.05 Å². The van der Waals surface area contributed by atoms with E-state index in [9.17, 15) is 4.79 Å². The summed E-state index contributed by atoms with van der Waals surface area (Å²) in [5, 5.41) is 15.6. The molecule has 1 fully saturated rings. The highest BCUT2D eigenvalue weighted by molar-refractivity contribution is 5.84. The molecule has 0 saturated carbocycles. The monoisotopic (exact) mass is 353 g/mol. The molecule has 0 aliphatic carbocycles. The molecule has 4 rings (SSSR count). The van der Waals surface area contributed by atoms with Crippen LogP contribution in [0.4, 0.5) is 10.7 Å². The molecule has 1 aliphatic heterocycles. The van der Waals surface area contributed by atoms with E-state index in [1.54, 1.807) is 7.05 Å². The highest BCUT2D eigenvalue weighted by atomic mass is 16.2. The Morgan fingerprint density at radius 1 is 1.23 bits per heavy atom. The number of aromatic amines is 1. The van der Waals surface area contributed by atoms with Crippen molar-refractivity contribution in [1.29, 1.82) is 0 Å². The second kappa shape index (κ2) is 6.70. The van der Waals surface area contributed by atoms with Crippen LogP contribution in [0, 0.1) is 0 Å². The van der Waals surface area contributed by atoms with E-state index in [4.69, 9.17) is 0 Å². The fourth-order valence-electron chi connectivity index (χ4n) is 3.52. The lowest BCUT2D eigenvalue weighted by Crippen LogP contribution is -2.47. The molecular formula is C18H23N7O. The lowest BCUT2D eigenvalue weighted by molar-refractivity contribution is 0.236. The van der Waals surface area contributed by atoms with Gasteiger partial charge < -0.3 is 20.5 Å². The standard InChI is InChI=1S/C18H23N7O/c1-19-17(26)21-14-6-9-25(10-7-14)18-23-22-16(24(18)2)13-3-4-15-12(11-13)5-8-20-15/h3-5,8,11,14,20H,6-7,9-10H2,1-2H3,(H2,19,21,26). The van der Waals surface area contributed by atoms with Crippen molar-refractivity contribution in [3.8, 4) is 11.4 Å². The van der Waals surface area contributed by atoms with Crippen molar-refractivity contribution in [2.24, 2.45) is 7.05 Å². The number of piperidine rings is 1. The third-order valence-electron chi connectivity index (χ3n) is 5.00. The number of amides is 2. The number of hydrogen-bond donors (Lipinski definition) is 3. The van der Waals surface area contributed by atoms with E-state index in [0.29, 0.717) is 0 Å². The number of nitrogens with zero attached hydrogens (tertiary/aromatic N) is 4. The van der Waals surface area contributed by atoms with Crippen molar-refractivity contribution in [2.75, 3.05) is 25.0 Å². The highest BCUT2D eigenvalue weighted by Gasteiger charge is 2.24. The van der Waals surface area contributed by atoms with Gasteiger partial charge in [0, 0.05) is 55.9 Å². The topological polar surface area (TPSA) is 90.9 Å². The highest BCUT2D eigenvalue weighted by Crippen LogP contribution is 2.26. The van der Waals surface area contributed by atoms with Gasteiger partial charge in [0.15, 0.2) is 5.82 Å². The Bertz CT molecular complexity index is 921. The largest absolute Gasteiger partial charge is 0.361 e. The summed E-state index contributed by atoms with van der Waals surface area (Å²) >= 11 is 0. The van der Waals surface area contributed by atoms with Gasteiger partial charge in [-0.15, -0.1) is 10.2 Å². The quantitative estimate of drug-likeness (QED) is 0.670. The predicted octanol–water partition coefficient (Wildman–Crippen LogP) is 1.86. The number of carbonyl (C=O) groups is 1. The van der Waals surface area contributed by atoms with Crippen molar-refractivity contribution >= 4 is 22.9 Å². The second-order valence-corrected chi connectivity index (χ2v) is 6.65. The lowest BCUT2D eigenvalue weighted by Gasteiger charge is -2.32. The van der Waals surface area contributed by atoms with Crippen LogP contribution in [0.5, 0.6) is 0 Å². The fraction of sp³-hybridized carbons (Fsp3) is 0.389. The van der Waals surface area contributed by atoms with Crippen LogP contribution in [0.25, 0.3) is 22.3 Å². The fourth-order valence-corrected chi connectivity index (χ4v) is 3.52. The zero-order valence-corrected chi connectivity index (χ0v) is 15.0. The molecule has 0 spiro atoms. The van der Waals surface area contributed by atoms with E-state index < -0.39 is 0 Å². The van der Waals surface area contributed by atoms with E-state index in [1.165, 1.54) is 0 Å². The number of anilines is 1. The molecule has 136 valence electrons. The van der Waals surface area contributed by atoms with Gasteiger partial charge in [-0.3, -0.25) is 4.57 Å². The molecule has 2 aromatic heterocycles. The van der Waals surface area contributed by atoms with Crippen molar-refractivity contribution in [1.82, 2.24) is 30.4 Å². The first-order chi connectivity index (χ1) is 12.7. The minimum Gasteiger partial charge on any atom is -0.361 e. The minimum absolute atomic E-state index is 0.121. The number of urea groups is 1. The minimum atomic E-state index is -0.121. The molecule has 26 heavy (non-hydrogen) atoms. The molecule has 3 heterocycles. The molecular weight excluding hydrogens is 330 g/mol. The molecule has 1 aliphatic rings. The first-order valence-electron chi connectivity index (χ1n) is 8.86. The number of H-pyrrole nitrogens is 1. The molecule has 3 N–H and O–H groups in total. The summed E-state index contributed by atoms with van der Waals surface area (Å²) < 4.78 is 2.04. The Kier molecular flexibility index (Phi) is 4.24. The van der Waals surface area contributed by atoms with Gasteiger partial charge in [0.05, 0.1) is 0 Å². The average molecular weight is 353 g/mol. The number of carbonyl (C=O) groups excluding carboxylic acids is 1. The maximum absolute atomic E-state index is 11.5. The van der Waals surface area contributed by atoms with Crippen LogP contribution < -0.4 is 15.5 Å². The van der Waals surface area contributed by atoms with Crippen molar-refractivity contribution in [3.63, 3.8) is 0 Å². The Morgan fingerprint density at radius 3 is 2.81 bits per heavy atom. The van der Waals surface area contributed by atoms with Gasteiger partial charge in [-0.05, 0) is 37.1 Å². The number of hydrogen-bond acceptors (Lipinski definition) is 4. The number of fused-ring (bicyclic) bond motifs is 1. The van der Waals surface area contributed by atoms with Gasteiger partial charge in [0.2, 0.25) is 5.95 Å². The third kappa shape index (κ3) is 2.98. The van der Waals surface area contributed by atoms with Crippen LogP contribution in [0.3, 0.4) is 0 Å². The van der Waals surface area contributed by atoms with E-state index >= 15 is 0 Å². The Labute approximate surface area is 151 Å². The van der Waals surface area contributed by atoms with Gasteiger partial charge in [-0.1, -0.05) is 0 Å². The Balaban J connectivity index is 1.50. The molecule has 8 nitrogen and oxygen atoms in total. The summed E-state index contributed by atoms with van der Waals surface area (Å²) in [5.74, 6) is 1.72. The van der Waals surface area contributed by atoms with Gasteiger partial charge >= 0.3 is 6.03 Å². The first kappa shape index (κ1) is 16.4. The molecule has 0 bridgehead atoms. The van der Waals surface area contributed by atoms with E-state index in [2.05, 4.69) is 55.0 Å². The predicted molar refractivity (Wildman–Crippen MR) is 101 cm³/mol. The van der Waals surface area contributed by atoms with Gasteiger partial charge in [0.1, 0.15) is 0 Å². The lowest BCUT2D eigenvalue weighted by atomic mass is 10.1. The summed E-state index contributed by atoms with van der Waals surface area (Å²) in [5.41, 5.74) is 2.16. The van der Waals surface area contributed by atoms with Gasteiger partial charge in [-0.2, -0.15) is 0 Å². The van der Waals surface area contributed by atoms with Gasteiger partial charge in [-0.25, -0.2) is 4.79 Å². The van der Waals surface area contributed by atoms with Crippen molar-refractivity contribution in [3.05, 3.63) is 30.5 Å². The van der Waals surface area contributed by atoms with Crippen LogP contribution in [0.15, 0.2) is 30.5 Å². The van der Waals surface area contributed by atoms with Crippen LogP contribution in [-0.4, -0.2) is 52.0 Å². The average Bonchev–Trinajstić information content (AvgIpc) is 3.28. The molecule has 0 unspecified atom stereocenters. The summed E-state index contributed by atoms with van der Waals surface area (Å²) in [4.78, 5) is 16.9. The first-order valence-corrected chi connectivity index (χ1v) is 8.86. The molecule has 0 atom stereocenters. The number of aromatic nitrogens is 4. The summed E-state index contributed by atoms with van der Waals surface area (Å²) in [6.07, 6.45) is 3.73. The molecule has 8 heteroatoms. The van der Waals surface area contributed by atoms with Crippen molar-refractivity contribution in [2.45, 2.75) is 18.9 Å². The molecule has 3 aromatic rings. The molecule has 0 radical (unpaired) electrons. The number of rotatable bonds is 3. The van der Waals surface area contributed by atoms with E-state index in [1.807, 2.05) is 17.8 Å². The zero-order chi connectivity index (χ0) is 18.1. The smallest absolute Gasteiger partial charge is 0.314 e. The Hall–Kier alpha value is -3.03. The molecule has 1 aromatic carbocycles. The third-order valence-corrected chi connectivity index (χ3v) is 5.00. The zero-order valence-electron chi connectivity index (χ0n) is 15.0. The SMILES string of the molecule is CNC(=O)NC1CCN(c2nnc(-c3ccc4[nH]ccc4c3)n2C)CC1. The van der Waals surface area contributed by atoms with E-state index in [-0.39, 0.29) is 12.1 Å². The normalized spacial score (nSPS) is 15.4. The maximum Gasteiger partial charge on any atom is 0.314 e. The van der Waals surface area contributed by atoms with Crippen LogP contribution in [0.1, 0.15) is 12.8 Å². The van der Waals surface area contributed by atoms with Crippen LogP contribution in [0.2, 0.25) is 0 Å². The van der Waals surface area contributed by atoms with Crippen LogP contribution >= 0.6 is 0 Å². The molecule has 2 amide bonds. The second-order valence-electron chi connectivity index (χ2n) is 6.65. The summed E-state index contributed by atoms with van der Waals surface area (Å²) in [6.45, 7) is 1.69. The Morgan fingerprint density at radius 2 is 2.04 bits per heavy atom. The van der Waals surface area contributed by atoms with Gasteiger partial charge in [0.25, 0.3) is 0 Å². The summed E-state index contributed by atoms with van der Waals surface area (Å²) in [6, 6.07) is 8.39. The molecule has 1 saturated heterocycles. The van der Waals surface area contributed by atoms with Crippen molar-refractivity contribution < 1.29 is 4.79 Å². The maximum atomic E-state index is 11.5.